The molecule has 0 radical (unpaired) electrons. The Morgan fingerprint density at radius 3 is 1.51 bits per heavy atom. The van der Waals surface area contributed by atoms with Crippen molar-refractivity contribution in [3.63, 3.8) is 0 Å². The van der Waals surface area contributed by atoms with Gasteiger partial charge in [-0.25, -0.2) is 0 Å². The Labute approximate surface area is 217 Å². The zero-order chi connectivity index (χ0) is 25.7. The van der Waals surface area contributed by atoms with Crippen molar-refractivity contribution in [2.24, 2.45) is 0 Å². The van der Waals surface area contributed by atoms with Crippen molar-refractivity contribution in [3.8, 4) is 0 Å². The molecule has 5 heteroatoms. The van der Waals surface area contributed by atoms with E-state index in [4.69, 9.17) is 4.74 Å². The van der Waals surface area contributed by atoms with Gasteiger partial charge in [0.25, 0.3) is 0 Å². The summed E-state index contributed by atoms with van der Waals surface area (Å²) in [5.74, 6) is -1.09. The Kier molecular flexibility index (Phi) is 7.30. The van der Waals surface area contributed by atoms with Crippen molar-refractivity contribution < 1.29 is 19.4 Å². The van der Waals surface area contributed by atoms with Gasteiger partial charge in [-0.2, -0.15) is 0 Å². The fourth-order valence-corrected chi connectivity index (χ4v) is 10.8. The average molecular weight is 509 g/mol. The van der Waals surface area contributed by atoms with Gasteiger partial charge in [0.2, 0.25) is 0 Å². The molecular weight excluding hydrogens is 479 g/mol. The second kappa shape index (κ2) is 10.9. The summed E-state index contributed by atoms with van der Waals surface area (Å²) in [5.41, 5.74) is 0.0157. The monoisotopic (exact) mass is 508 g/mol. The van der Waals surface area contributed by atoms with E-state index in [1.807, 2.05) is 18.2 Å². The number of hydrogen-bond donors (Lipinski definition) is 1. The number of ether oxygens (including phenoxy) is 1. The summed E-state index contributed by atoms with van der Waals surface area (Å²) in [6.45, 7) is 0. The topological polar surface area (TPSA) is 63.6 Å². The van der Waals surface area contributed by atoms with Crippen LogP contribution in [0, 0.1) is 0 Å². The molecule has 186 valence electrons. The molecular formula is C32H29O4P. The van der Waals surface area contributed by atoms with Crippen LogP contribution in [0.25, 0.3) is 0 Å². The molecule has 0 aromatic heterocycles. The third-order valence-corrected chi connectivity index (χ3v) is 12.1. The average Bonchev–Trinajstić information content (AvgIpc) is 2.96. The van der Waals surface area contributed by atoms with Crippen LogP contribution in [0.3, 0.4) is 0 Å². The number of carboxylic acid groups (broad SMARTS) is 1. The van der Waals surface area contributed by atoms with Gasteiger partial charge in [0.1, 0.15) is 0 Å². The van der Waals surface area contributed by atoms with Crippen molar-refractivity contribution in [2.45, 2.75) is 25.7 Å². The van der Waals surface area contributed by atoms with Gasteiger partial charge in [-0.1, -0.05) is 0 Å². The van der Waals surface area contributed by atoms with Crippen molar-refractivity contribution in [1.82, 2.24) is 0 Å². The molecule has 0 saturated heterocycles. The SMILES string of the molecule is O=C(O)c1ccccc1C(=O)OC1=C([PH](c2ccccc2)(c2ccccc2)c2ccccc2)CCCC1. The summed E-state index contributed by atoms with van der Waals surface area (Å²) in [6.07, 6.45) is 3.37. The molecule has 4 nitrogen and oxygen atoms in total. The standard InChI is InChI=1S/C32H29O4P/c33-31(34)27-20-10-11-21-28(27)32(35)36-29-22-12-13-23-30(29)37(24-14-4-1-5-15-24,25-16-6-2-7-17-25)26-18-8-3-9-19-26/h1-11,14-21,37H,12-13,22-23H2,(H,33,34). The van der Waals surface area contributed by atoms with Crippen molar-refractivity contribution >= 4 is 35.1 Å². The number of benzene rings is 4. The molecule has 1 aliphatic rings. The summed E-state index contributed by atoms with van der Waals surface area (Å²) in [6, 6.07) is 37.9. The Balaban J connectivity index is 1.76. The number of carbonyl (C=O) groups excluding carboxylic acids is 1. The molecule has 0 spiro atoms. The van der Waals surface area contributed by atoms with E-state index in [2.05, 4.69) is 72.8 Å². The van der Waals surface area contributed by atoms with E-state index in [9.17, 15) is 14.7 Å². The molecule has 1 N–H and O–H groups in total. The molecule has 0 unspecified atom stereocenters. The molecule has 0 aliphatic heterocycles. The zero-order valence-corrected chi connectivity index (χ0v) is 21.5. The molecule has 4 aromatic rings. The van der Waals surface area contributed by atoms with Gasteiger partial charge in [0.15, 0.2) is 0 Å². The van der Waals surface area contributed by atoms with Crippen LogP contribution in [0.2, 0.25) is 0 Å². The molecule has 37 heavy (non-hydrogen) atoms. The molecule has 0 heterocycles. The Bertz CT molecular complexity index is 1330. The van der Waals surface area contributed by atoms with Crippen LogP contribution in [-0.2, 0) is 4.74 Å². The summed E-state index contributed by atoms with van der Waals surface area (Å²) >= 11 is 0. The number of carboxylic acids is 1. The van der Waals surface area contributed by atoms with Gasteiger partial charge in [-0.05, 0) is 0 Å². The van der Waals surface area contributed by atoms with E-state index in [0.29, 0.717) is 12.2 Å². The van der Waals surface area contributed by atoms with E-state index < -0.39 is 19.2 Å². The number of rotatable bonds is 7. The van der Waals surface area contributed by atoms with Gasteiger partial charge in [0.05, 0.1) is 0 Å². The van der Waals surface area contributed by atoms with E-state index in [1.54, 1.807) is 12.1 Å². The van der Waals surface area contributed by atoms with Gasteiger partial charge < -0.3 is 0 Å². The molecule has 0 bridgehead atoms. The van der Waals surface area contributed by atoms with Crippen LogP contribution in [0.4, 0.5) is 0 Å². The summed E-state index contributed by atoms with van der Waals surface area (Å²) in [5, 5.41) is 14.5. The van der Waals surface area contributed by atoms with E-state index in [1.165, 1.54) is 33.4 Å². The molecule has 0 saturated carbocycles. The Morgan fingerprint density at radius 1 is 0.595 bits per heavy atom. The second-order valence-electron chi connectivity index (χ2n) is 9.20. The predicted molar refractivity (Wildman–Crippen MR) is 151 cm³/mol. The third kappa shape index (κ3) is 4.73. The Morgan fingerprint density at radius 2 is 1.03 bits per heavy atom. The first kappa shape index (κ1) is 24.7. The molecule has 0 fully saturated rings. The summed E-state index contributed by atoms with van der Waals surface area (Å²) in [7, 11) is -2.80. The number of allylic oxidation sites excluding steroid dienone is 2. The molecule has 5 rings (SSSR count). The third-order valence-electron chi connectivity index (χ3n) is 7.08. The Hall–Kier alpha value is -4.01. The van der Waals surface area contributed by atoms with Crippen molar-refractivity contribution in [3.05, 3.63) is 137 Å². The van der Waals surface area contributed by atoms with Gasteiger partial charge in [0, 0.05) is 0 Å². The quantitative estimate of drug-likeness (QED) is 0.244. The number of hydrogen-bond acceptors (Lipinski definition) is 3. The first-order valence-electron chi connectivity index (χ1n) is 12.6. The van der Waals surface area contributed by atoms with Crippen LogP contribution in [0.15, 0.2) is 126 Å². The predicted octanol–water partition coefficient (Wildman–Crippen LogP) is 6.05. The summed E-state index contributed by atoms with van der Waals surface area (Å²) < 4.78 is 6.16. The van der Waals surface area contributed by atoms with Gasteiger partial charge in [-0.3, -0.25) is 0 Å². The maximum atomic E-state index is 13.4. The van der Waals surface area contributed by atoms with Crippen LogP contribution in [0.5, 0.6) is 0 Å². The van der Waals surface area contributed by atoms with Crippen LogP contribution in [-0.4, -0.2) is 17.0 Å². The number of carbonyl (C=O) groups is 2. The van der Waals surface area contributed by atoms with Crippen LogP contribution < -0.4 is 15.9 Å². The fraction of sp³-hybridized carbons (Fsp3) is 0.125. The molecule has 0 atom stereocenters. The van der Waals surface area contributed by atoms with E-state index in [0.717, 1.165) is 19.3 Å². The van der Waals surface area contributed by atoms with Crippen LogP contribution in [0.1, 0.15) is 46.4 Å². The first-order chi connectivity index (χ1) is 18.1. The molecule has 0 amide bonds. The van der Waals surface area contributed by atoms with Crippen LogP contribution >= 0.6 is 7.26 Å². The minimum absolute atomic E-state index is 0.0526. The minimum atomic E-state index is -2.80. The zero-order valence-electron chi connectivity index (χ0n) is 20.5. The molecule has 1 aliphatic carbocycles. The van der Waals surface area contributed by atoms with Gasteiger partial charge in [-0.15, -0.1) is 0 Å². The maximum absolute atomic E-state index is 13.4. The first-order valence-corrected chi connectivity index (χ1v) is 14.6. The van der Waals surface area contributed by atoms with Crippen molar-refractivity contribution in [1.29, 1.82) is 0 Å². The van der Waals surface area contributed by atoms with E-state index >= 15 is 0 Å². The number of esters is 1. The summed E-state index contributed by atoms with van der Waals surface area (Å²) in [4.78, 5) is 25.2. The van der Waals surface area contributed by atoms with E-state index in [-0.39, 0.29) is 11.1 Å². The molecule has 4 aromatic carbocycles. The normalized spacial score (nSPS) is 14.2. The number of aromatic carboxylic acids is 1. The van der Waals surface area contributed by atoms with Gasteiger partial charge >= 0.3 is 218 Å². The second-order valence-corrected chi connectivity index (χ2v) is 13.0. The van der Waals surface area contributed by atoms with Crippen molar-refractivity contribution in [2.75, 3.05) is 0 Å². The fourth-order valence-electron chi connectivity index (χ4n) is 5.49.